The first-order valence-electron chi connectivity index (χ1n) is 9.50. The summed E-state index contributed by atoms with van der Waals surface area (Å²) < 4.78 is 3.67. The topological polar surface area (TPSA) is 75.9 Å². The molecule has 0 aliphatic carbocycles. The molecule has 27 heavy (non-hydrogen) atoms. The van der Waals surface area contributed by atoms with Gasteiger partial charge in [0.15, 0.2) is 0 Å². The van der Waals surface area contributed by atoms with Crippen molar-refractivity contribution >= 4 is 16.8 Å². The molecule has 3 heterocycles. The molecule has 1 aromatic carbocycles. The summed E-state index contributed by atoms with van der Waals surface area (Å²) in [6.07, 6.45) is 1.64. The molecule has 0 spiro atoms. The van der Waals surface area contributed by atoms with Gasteiger partial charge in [-0.2, -0.15) is 5.10 Å². The van der Waals surface area contributed by atoms with E-state index in [1.54, 1.807) is 4.57 Å². The van der Waals surface area contributed by atoms with E-state index in [-0.39, 0.29) is 17.5 Å². The number of nitrogens with zero attached hydrogens (tertiary/aromatic N) is 4. The van der Waals surface area contributed by atoms with Crippen molar-refractivity contribution in [3.05, 3.63) is 51.8 Å². The van der Waals surface area contributed by atoms with E-state index in [0.29, 0.717) is 19.6 Å². The van der Waals surface area contributed by atoms with Crippen molar-refractivity contribution in [2.24, 2.45) is 7.05 Å². The molecule has 4 rings (SSSR count). The second kappa shape index (κ2) is 6.72. The lowest BCUT2D eigenvalue weighted by molar-refractivity contribution is 0.0701. The van der Waals surface area contributed by atoms with Crippen LogP contribution in [0.1, 0.15) is 47.6 Å². The first-order valence-corrected chi connectivity index (χ1v) is 9.50. The van der Waals surface area contributed by atoms with Crippen LogP contribution in [0.2, 0.25) is 0 Å². The maximum absolute atomic E-state index is 13.1. The molecule has 0 unspecified atom stereocenters. The summed E-state index contributed by atoms with van der Waals surface area (Å²) in [4.78, 5) is 26.8. The van der Waals surface area contributed by atoms with Gasteiger partial charge in [0.2, 0.25) is 0 Å². The predicted molar refractivity (Wildman–Crippen MR) is 104 cm³/mol. The quantitative estimate of drug-likeness (QED) is 0.772. The van der Waals surface area contributed by atoms with E-state index in [9.17, 15) is 9.59 Å². The first-order chi connectivity index (χ1) is 13.0. The number of likely N-dealkylation sites (tertiary alicyclic amines) is 1. The van der Waals surface area contributed by atoms with Gasteiger partial charge in [0.25, 0.3) is 5.91 Å². The molecule has 3 aromatic rings. The molecule has 1 aliphatic heterocycles. The highest BCUT2D eigenvalue weighted by atomic mass is 16.2. The summed E-state index contributed by atoms with van der Waals surface area (Å²) in [6, 6.07) is 8.14. The molecule has 1 fully saturated rings. The van der Waals surface area contributed by atoms with Crippen LogP contribution in [0, 0.1) is 6.92 Å². The smallest absolute Gasteiger partial charge is 0.340 e. The van der Waals surface area contributed by atoms with E-state index in [1.165, 1.54) is 5.56 Å². The van der Waals surface area contributed by atoms with Crippen molar-refractivity contribution in [2.45, 2.75) is 39.2 Å². The molecule has 7 nitrogen and oxygen atoms in total. The number of aromatic nitrogens is 4. The van der Waals surface area contributed by atoms with Gasteiger partial charge in [0.05, 0.1) is 0 Å². The molecule has 142 valence electrons. The molecule has 1 saturated heterocycles. The molecular formula is C20H25N5O2. The summed E-state index contributed by atoms with van der Waals surface area (Å²) >= 11 is 0. The summed E-state index contributed by atoms with van der Waals surface area (Å²) in [5.41, 5.74) is 2.83. The van der Waals surface area contributed by atoms with E-state index < -0.39 is 0 Å². The van der Waals surface area contributed by atoms with Gasteiger partial charge in [-0.15, -0.1) is 0 Å². The lowest BCUT2D eigenvalue weighted by Crippen LogP contribution is -2.39. The molecular weight excluding hydrogens is 342 g/mol. The van der Waals surface area contributed by atoms with Crippen LogP contribution in [0.15, 0.2) is 29.1 Å². The summed E-state index contributed by atoms with van der Waals surface area (Å²) in [6.45, 7) is 5.98. The van der Waals surface area contributed by atoms with Crippen LogP contribution in [0.25, 0.3) is 10.9 Å². The van der Waals surface area contributed by atoms with Crippen LogP contribution in [0.5, 0.6) is 0 Å². The third kappa shape index (κ3) is 2.87. The minimum absolute atomic E-state index is 0.0708. The highest BCUT2D eigenvalue weighted by molar-refractivity contribution is 5.99. The Hall–Kier alpha value is -2.83. The van der Waals surface area contributed by atoms with Gasteiger partial charge in [0, 0.05) is 43.5 Å². The maximum Gasteiger partial charge on any atom is 0.343 e. The van der Waals surface area contributed by atoms with E-state index in [4.69, 9.17) is 0 Å². The Morgan fingerprint density at radius 2 is 2.04 bits per heavy atom. The van der Waals surface area contributed by atoms with Crippen LogP contribution in [0.4, 0.5) is 0 Å². The van der Waals surface area contributed by atoms with Gasteiger partial charge < -0.3 is 9.47 Å². The van der Waals surface area contributed by atoms with E-state index >= 15 is 0 Å². The van der Waals surface area contributed by atoms with Gasteiger partial charge in [-0.1, -0.05) is 12.1 Å². The van der Waals surface area contributed by atoms with Crippen molar-refractivity contribution in [3.63, 3.8) is 0 Å². The molecule has 1 aliphatic rings. The van der Waals surface area contributed by atoms with Gasteiger partial charge in [-0.05, 0) is 44.4 Å². The van der Waals surface area contributed by atoms with Crippen molar-refractivity contribution in [1.82, 2.24) is 24.2 Å². The van der Waals surface area contributed by atoms with Crippen molar-refractivity contribution < 1.29 is 4.79 Å². The van der Waals surface area contributed by atoms with Crippen LogP contribution >= 0.6 is 0 Å². The zero-order valence-electron chi connectivity index (χ0n) is 16.0. The number of aromatic amines is 1. The highest BCUT2D eigenvalue weighted by Crippen LogP contribution is 2.28. The number of hydrogen-bond donors (Lipinski definition) is 1. The SMILES string of the molecule is CCn1c(C2CCN(C(=O)c3cc4c(C)cccc4n3C)CC2)n[nH]c1=O. The second-order valence-electron chi connectivity index (χ2n) is 7.29. The van der Waals surface area contributed by atoms with Gasteiger partial charge in [-0.25, -0.2) is 9.89 Å². The van der Waals surface area contributed by atoms with Crippen molar-refractivity contribution in [3.8, 4) is 0 Å². The molecule has 0 radical (unpaired) electrons. The van der Waals surface area contributed by atoms with Gasteiger partial charge >= 0.3 is 5.69 Å². The predicted octanol–water partition coefficient (Wildman–Crippen LogP) is 2.41. The molecule has 0 saturated carbocycles. The number of carbonyl (C=O) groups excluding carboxylic acids is 1. The summed E-state index contributed by atoms with van der Waals surface area (Å²) in [7, 11) is 1.95. The maximum atomic E-state index is 13.1. The first kappa shape index (κ1) is 17.6. The molecule has 0 bridgehead atoms. The lowest BCUT2D eigenvalue weighted by atomic mass is 9.95. The van der Waals surface area contributed by atoms with Crippen molar-refractivity contribution in [2.75, 3.05) is 13.1 Å². The molecule has 2 aromatic heterocycles. The van der Waals surface area contributed by atoms with Gasteiger partial charge in [0.1, 0.15) is 11.5 Å². The fourth-order valence-corrected chi connectivity index (χ4v) is 4.16. The van der Waals surface area contributed by atoms with Crippen LogP contribution in [-0.2, 0) is 13.6 Å². The Kier molecular flexibility index (Phi) is 4.37. The van der Waals surface area contributed by atoms with E-state index in [1.807, 2.05) is 41.6 Å². The molecule has 1 amide bonds. The van der Waals surface area contributed by atoms with Crippen LogP contribution < -0.4 is 5.69 Å². The number of piperidine rings is 1. The Morgan fingerprint density at radius 3 is 2.70 bits per heavy atom. The number of nitrogens with one attached hydrogen (secondary N) is 1. The third-order valence-corrected chi connectivity index (χ3v) is 5.78. The Bertz CT molecular complexity index is 1050. The average Bonchev–Trinajstić information content (AvgIpc) is 3.22. The van der Waals surface area contributed by atoms with E-state index in [2.05, 4.69) is 23.2 Å². The number of hydrogen-bond acceptors (Lipinski definition) is 3. The number of aryl methyl sites for hydroxylation is 2. The number of benzene rings is 1. The number of H-pyrrole nitrogens is 1. The molecule has 1 N–H and O–H groups in total. The number of carbonyl (C=O) groups is 1. The highest BCUT2D eigenvalue weighted by Gasteiger charge is 2.29. The fraction of sp³-hybridized carbons (Fsp3) is 0.450. The largest absolute Gasteiger partial charge is 0.343 e. The molecule has 0 atom stereocenters. The zero-order chi connectivity index (χ0) is 19.1. The van der Waals surface area contributed by atoms with Crippen LogP contribution in [-0.4, -0.2) is 43.2 Å². The Labute approximate surface area is 157 Å². The Balaban J connectivity index is 1.53. The van der Waals surface area contributed by atoms with Crippen molar-refractivity contribution in [1.29, 1.82) is 0 Å². The molecule has 7 heteroatoms. The average molecular weight is 367 g/mol. The third-order valence-electron chi connectivity index (χ3n) is 5.78. The fourth-order valence-electron chi connectivity index (χ4n) is 4.16. The summed E-state index contributed by atoms with van der Waals surface area (Å²) in [5.74, 6) is 1.10. The number of amides is 1. The Morgan fingerprint density at radius 1 is 1.30 bits per heavy atom. The van der Waals surface area contributed by atoms with Gasteiger partial charge in [-0.3, -0.25) is 9.36 Å². The lowest BCUT2D eigenvalue weighted by Gasteiger charge is -2.31. The van der Waals surface area contributed by atoms with E-state index in [0.717, 1.165) is 35.3 Å². The van der Waals surface area contributed by atoms with Crippen LogP contribution in [0.3, 0.4) is 0 Å². The summed E-state index contributed by atoms with van der Waals surface area (Å²) in [5, 5.41) is 7.88. The number of fused-ring (bicyclic) bond motifs is 1. The monoisotopic (exact) mass is 367 g/mol. The number of rotatable bonds is 3. The zero-order valence-corrected chi connectivity index (χ0v) is 16.0. The minimum atomic E-state index is -0.156. The normalized spacial score (nSPS) is 15.6. The minimum Gasteiger partial charge on any atom is -0.340 e. The standard InChI is InChI=1S/C20H25N5O2/c1-4-25-18(21-22-20(25)27)14-8-10-24(11-9-14)19(26)17-12-15-13(2)6-5-7-16(15)23(17)3/h5-7,12,14H,4,8-11H2,1-3H3,(H,22,27). The second-order valence-corrected chi connectivity index (χ2v) is 7.29.